The van der Waals surface area contributed by atoms with E-state index in [1.807, 2.05) is 6.92 Å². The van der Waals surface area contributed by atoms with Gasteiger partial charge in [0.2, 0.25) is 5.91 Å². The van der Waals surface area contributed by atoms with Gasteiger partial charge >= 0.3 is 13.6 Å². The van der Waals surface area contributed by atoms with Gasteiger partial charge < -0.3 is 20.2 Å². The molecule has 0 heterocycles. The lowest BCUT2D eigenvalue weighted by Gasteiger charge is -2.20. The number of nitrogens with one attached hydrogen (secondary N) is 1. The van der Waals surface area contributed by atoms with Crippen molar-refractivity contribution >= 4 is 19.5 Å². The van der Waals surface area contributed by atoms with Crippen LogP contribution in [0.3, 0.4) is 0 Å². The largest absolute Gasteiger partial charge is 0.480 e. The Bertz CT molecular complexity index is 925. The molecule has 8 heteroatoms. The number of carbonyl (C=O) groups excluding carboxylic acids is 1. The zero-order chi connectivity index (χ0) is 25.0. The minimum absolute atomic E-state index is 0.00923. The maximum Gasteiger partial charge on any atom is 0.341 e. The van der Waals surface area contributed by atoms with Crippen LogP contribution < -0.4 is 5.32 Å². The molecule has 0 bridgehead atoms. The van der Waals surface area contributed by atoms with E-state index >= 15 is 0 Å². The van der Waals surface area contributed by atoms with Gasteiger partial charge in [0.05, 0.1) is 0 Å². The summed E-state index contributed by atoms with van der Waals surface area (Å²) in [5.74, 6) is -2.27. The van der Waals surface area contributed by atoms with Crippen LogP contribution in [0.2, 0.25) is 0 Å². The second-order valence-corrected chi connectivity index (χ2v) is 10.3. The molecule has 0 spiro atoms. The number of allylic oxidation sites excluding steroid dienone is 5. The van der Waals surface area contributed by atoms with Crippen molar-refractivity contribution in [2.45, 2.75) is 71.5 Å². The van der Waals surface area contributed by atoms with Crippen LogP contribution in [0.4, 0.5) is 0 Å². The molecular formula is C25H36NO6P. The molecule has 0 aliphatic rings. The average molecular weight is 478 g/mol. The average Bonchev–Trinajstić information content (AvgIpc) is 2.71. The van der Waals surface area contributed by atoms with Gasteiger partial charge in [0.25, 0.3) is 0 Å². The van der Waals surface area contributed by atoms with Crippen LogP contribution in [0.5, 0.6) is 0 Å². The van der Waals surface area contributed by atoms with Crippen molar-refractivity contribution in [3.05, 3.63) is 70.8 Å². The molecule has 0 saturated carbocycles. The molecule has 0 aliphatic heterocycles. The van der Waals surface area contributed by atoms with Crippen molar-refractivity contribution in [2.75, 3.05) is 0 Å². The molecule has 4 N–H and O–H groups in total. The standard InChI is InChI=1S/C25H36NO6P/c1-18(2)10-8-11-19(3)12-9-13-20(4)16-23(33(30,31)32)24(27)26-22(25(28)29)17-21-14-6-5-7-15-21/h5-7,10,12,14-16,22-23H,8-9,11,13,17H2,1-4H3,(H,26,27)(H,28,29)(H2,30,31,32)/b19-12+,20-16+/t22-,23?/m0/s1. The molecule has 1 rings (SSSR count). The molecule has 2 atom stereocenters. The van der Waals surface area contributed by atoms with Gasteiger partial charge in [-0.1, -0.05) is 65.3 Å². The first-order valence-corrected chi connectivity index (χ1v) is 12.7. The highest BCUT2D eigenvalue weighted by molar-refractivity contribution is 7.54. The first-order chi connectivity index (χ1) is 15.4. The van der Waals surface area contributed by atoms with Gasteiger partial charge in [-0.05, 0) is 58.9 Å². The highest BCUT2D eigenvalue weighted by Gasteiger charge is 2.36. The summed E-state index contributed by atoms with van der Waals surface area (Å²) in [6.07, 6.45) is 8.66. The first kappa shape index (κ1) is 28.6. The number of benzene rings is 1. The second kappa shape index (κ2) is 13.9. The Hall–Kier alpha value is -2.47. The second-order valence-electron chi connectivity index (χ2n) is 8.55. The van der Waals surface area contributed by atoms with E-state index in [2.05, 4.69) is 31.3 Å². The van der Waals surface area contributed by atoms with Gasteiger partial charge in [0.1, 0.15) is 6.04 Å². The van der Waals surface area contributed by atoms with E-state index in [-0.39, 0.29) is 6.42 Å². The molecule has 1 amide bonds. The number of carboxylic acid groups (broad SMARTS) is 1. The predicted octanol–water partition coefficient (Wildman–Crippen LogP) is 4.76. The summed E-state index contributed by atoms with van der Waals surface area (Å²) in [6.45, 7) is 7.87. The summed E-state index contributed by atoms with van der Waals surface area (Å²) < 4.78 is 12.0. The van der Waals surface area contributed by atoms with Crippen molar-refractivity contribution < 1.29 is 29.0 Å². The molecule has 0 aromatic heterocycles. The van der Waals surface area contributed by atoms with Crippen LogP contribution in [0.25, 0.3) is 0 Å². The summed E-state index contributed by atoms with van der Waals surface area (Å²) in [4.78, 5) is 43.7. The van der Waals surface area contributed by atoms with Gasteiger partial charge in [-0.25, -0.2) is 4.79 Å². The number of aliphatic carboxylic acids is 1. The Morgan fingerprint density at radius 3 is 2.09 bits per heavy atom. The third-order valence-corrected chi connectivity index (χ3v) is 6.20. The molecule has 182 valence electrons. The third-order valence-electron chi connectivity index (χ3n) is 5.09. The van der Waals surface area contributed by atoms with E-state index in [1.54, 1.807) is 37.3 Å². The SMILES string of the molecule is CC(C)=CCC/C(C)=C/CC/C(C)=C/C(C(=O)N[C@@H](Cc1ccccc1)C(=O)O)P(=O)(O)O. The Balaban J connectivity index is 2.83. The zero-order valence-electron chi connectivity index (χ0n) is 19.8. The van der Waals surface area contributed by atoms with E-state index in [0.717, 1.165) is 12.8 Å². The van der Waals surface area contributed by atoms with Crippen molar-refractivity contribution in [2.24, 2.45) is 0 Å². The lowest BCUT2D eigenvalue weighted by atomic mass is 10.0. The quantitative estimate of drug-likeness (QED) is 0.240. The van der Waals surface area contributed by atoms with Crippen LogP contribution in [0.15, 0.2) is 65.3 Å². The molecule has 0 radical (unpaired) electrons. The number of carbonyl (C=O) groups is 2. The van der Waals surface area contributed by atoms with Crippen molar-refractivity contribution in [1.29, 1.82) is 0 Å². The first-order valence-electron chi connectivity index (χ1n) is 11.0. The maximum absolute atomic E-state index is 12.7. The number of rotatable bonds is 13. The van der Waals surface area contributed by atoms with Crippen molar-refractivity contribution in [3.8, 4) is 0 Å². The molecule has 0 aliphatic carbocycles. The molecular weight excluding hydrogens is 441 g/mol. The van der Waals surface area contributed by atoms with Crippen LogP contribution in [-0.4, -0.2) is 38.5 Å². The molecule has 0 saturated heterocycles. The number of hydrogen-bond acceptors (Lipinski definition) is 3. The summed E-state index contributed by atoms with van der Waals surface area (Å²) in [5.41, 5.74) is 2.11. The van der Waals surface area contributed by atoms with E-state index in [0.29, 0.717) is 24.0 Å². The number of amides is 1. The highest BCUT2D eigenvalue weighted by Crippen LogP contribution is 2.42. The molecule has 33 heavy (non-hydrogen) atoms. The van der Waals surface area contributed by atoms with E-state index in [9.17, 15) is 29.0 Å². The van der Waals surface area contributed by atoms with Crippen molar-refractivity contribution in [3.63, 3.8) is 0 Å². The fourth-order valence-electron chi connectivity index (χ4n) is 3.22. The molecule has 1 unspecified atom stereocenters. The Morgan fingerprint density at radius 2 is 1.55 bits per heavy atom. The van der Waals surface area contributed by atoms with Gasteiger partial charge in [0.15, 0.2) is 5.66 Å². The van der Waals surface area contributed by atoms with E-state index in [1.165, 1.54) is 17.2 Å². The normalized spacial score (nSPS) is 14.4. The smallest absolute Gasteiger partial charge is 0.341 e. The minimum Gasteiger partial charge on any atom is -0.480 e. The molecule has 1 aromatic rings. The monoisotopic (exact) mass is 477 g/mol. The Labute approximate surface area is 196 Å². The zero-order valence-corrected chi connectivity index (χ0v) is 20.7. The van der Waals surface area contributed by atoms with Crippen LogP contribution in [0.1, 0.15) is 58.9 Å². The fourth-order valence-corrected chi connectivity index (χ4v) is 4.05. The summed E-state index contributed by atoms with van der Waals surface area (Å²) in [7, 11) is -4.83. The van der Waals surface area contributed by atoms with Crippen molar-refractivity contribution in [1.82, 2.24) is 5.32 Å². The van der Waals surface area contributed by atoms with Gasteiger partial charge in [-0.15, -0.1) is 0 Å². The Kier molecular flexibility index (Phi) is 12.1. The summed E-state index contributed by atoms with van der Waals surface area (Å²) >= 11 is 0. The fraction of sp³-hybridized carbons (Fsp3) is 0.440. The lowest BCUT2D eigenvalue weighted by molar-refractivity contribution is -0.141. The number of carboxylic acids is 1. The highest BCUT2D eigenvalue weighted by atomic mass is 31.2. The predicted molar refractivity (Wildman–Crippen MR) is 131 cm³/mol. The van der Waals surface area contributed by atoms with Crippen LogP contribution in [-0.2, 0) is 20.6 Å². The Morgan fingerprint density at radius 1 is 0.970 bits per heavy atom. The van der Waals surface area contributed by atoms with Gasteiger partial charge in [-0.3, -0.25) is 9.36 Å². The summed E-state index contributed by atoms with van der Waals surface area (Å²) in [5, 5.41) is 11.8. The lowest BCUT2D eigenvalue weighted by Crippen LogP contribution is -2.46. The van der Waals surface area contributed by atoms with Gasteiger partial charge in [-0.2, -0.15) is 0 Å². The van der Waals surface area contributed by atoms with Crippen LogP contribution in [0, 0.1) is 0 Å². The van der Waals surface area contributed by atoms with E-state index < -0.39 is 31.2 Å². The molecule has 0 fully saturated rings. The van der Waals surface area contributed by atoms with Gasteiger partial charge in [0, 0.05) is 6.42 Å². The van der Waals surface area contributed by atoms with Crippen LogP contribution >= 0.6 is 7.60 Å². The minimum atomic E-state index is -4.83. The molecule has 1 aromatic carbocycles. The molecule has 7 nitrogen and oxygen atoms in total. The topological polar surface area (TPSA) is 124 Å². The summed E-state index contributed by atoms with van der Waals surface area (Å²) in [6, 6.07) is 7.43. The maximum atomic E-state index is 12.7. The van der Waals surface area contributed by atoms with E-state index in [4.69, 9.17) is 0 Å². The number of hydrogen-bond donors (Lipinski definition) is 4. The third kappa shape index (κ3) is 11.8.